The molecule has 0 N–H and O–H groups in total. The Morgan fingerprint density at radius 3 is 2.36 bits per heavy atom. The average molecular weight is 146 g/mol. The molecule has 0 unspecified atom stereocenters. The fourth-order valence-electron chi connectivity index (χ4n) is 0.877. The van der Waals surface area contributed by atoms with E-state index in [9.17, 15) is 0 Å². The molecule has 0 spiro atoms. The Morgan fingerprint density at radius 2 is 1.82 bits per heavy atom. The molecule has 0 bridgehead atoms. The molecule has 2 heteroatoms. The average Bonchev–Trinajstić information content (AvgIpc) is 2.03. The van der Waals surface area contributed by atoms with E-state index < -0.39 is 0 Å². The van der Waals surface area contributed by atoms with Crippen LogP contribution in [0.1, 0.15) is 0 Å². The van der Waals surface area contributed by atoms with Crippen LogP contribution in [0.5, 0.6) is 0 Å². The van der Waals surface area contributed by atoms with Crippen molar-refractivity contribution in [3.63, 3.8) is 0 Å². The van der Waals surface area contributed by atoms with Crippen LogP contribution < -0.4 is 5.46 Å². The van der Waals surface area contributed by atoms with E-state index in [4.69, 9.17) is 0 Å². The quantitative estimate of drug-likeness (QED) is 0.562. The van der Waals surface area contributed by atoms with Crippen LogP contribution in [0.3, 0.4) is 0 Å². The zero-order valence-corrected chi connectivity index (χ0v) is 7.12. The highest BCUT2D eigenvalue weighted by atomic mass is 15.0. The summed E-state index contributed by atoms with van der Waals surface area (Å²) in [7, 11) is 6.35. The van der Waals surface area contributed by atoms with Gasteiger partial charge in [0, 0.05) is 0 Å². The van der Waals surface area contributed by atoms with E-state index in [2.05, 4.69) is 50.5 Å². The van der Waals surface area contributed by atoms with Crippen LogP contribution in [0.25, 0.3) is 0 Å². The third-order valence-corrected chi connectivity index (χ3v) is 1.49. The van der Waals surface area contributed by atoms with E-state index in [0.717, 1.165) is 6.44 Å². The first-order valence-electron chi connectivity index (χ1n) is 3.82. The number of hydrogen-bond donors (Lipinski definition) is 0. The first kappa shape index (κ1) is 8.34. The Labute approximate surface area is 69.3 Å². The zero-order valence-electron chi connectivity index (χ0n) is 7.12. The molecular weight excluding hydrogens is 133 g/mol. The molecule has 11 heavy (non-hydrogen) atoms. The van der Waals surface area contributed by atoms with Crippen LogP contribution in [0.2, 0.25) is 0 Å². The maximum Gasteiger partial charge on any atom is 0.169 e. The summed E-state index contributed by atoms with van der Waals surface area (Å²) in [6.45, 7) is 0. The second-order valence-electron chi connectivity index (χ2n) is 2.88. The molecule has 0 aromatic heterocycles. The molecule has 0 aliphatic carbocycles. The van der Waals surface area contributed by atoms with Crippen molar-refractivity contribution in [2.45, 2.75) is 0 Å². The van der Waals surface area contributed by atoms with Crippen molar-refractivity contribution in [2.75, 3.05) is 20.5 Å². The Hall–Kier alpha value is -0.755. The third kappa shape index (κ3) is 3.24. The van der Waals surface area contributed by atoms with Gasteiger partial charge in [-0.15, -0.1) is 0 Å². The fraction of sp³-hybridized carbons (Fsp3) is 0.333. The van der Waals surface area contributed by atoms with Gasteiger partial charge in [0.05, 0.1) is 0 Å². The topological polar surface area (TPSA) is 3.24 Å². The smallest absolute Gasteiger partial charge is 0.169 e. The van der Waals surface area contributed by atoms with Crippen LogP contribution in [-0.2, 0) is 0 Å². The summed E-state index contributed by atoms with van der Waals surface area (Å²) in [5, 5.41) is 0. The lowest BCUT2D eigenvalue weighted by atomic mass is 9.70. The van der Waals surface area contributed by atoms with Gasteiger partial charge in [0.2, 0.25) is 0 Å². The minimum Gasteiger partial charge on any atom is -0.317 e. The number of nitrogens with zero attached hydrogens (tertiary/aromatic N) is 1. The van der Waals surface area contributed by atoms with Crippen molar-refractivity contribution in [3.8, 4) is 0 Å². The number of benzene rings is 1. The molecule has 1 aromatic carbocycles. The summed E-state index contributed by atoms with van der Waals surface area (Å²) < 4.78 is 0. The van der Waals surface area contributed by atoms with E-state index in [1.54, 1.807) is 0 Å². The van der Waals surface area contributed by atoms with Crippen molar-refractivity contribution < 1.29 is 0 Å². The molecule has 1 rings (SSSR count). The highest BCUT2D eigenvalue weighted by Gasteiger charge is 1.94. The van der Waals surface area contributed by atoms with Crippen molar-refractivity contribution in [1.82, 2.24) is 4.90 Å². The van der Waals surface area contributed by atoms with Gasteiger partial charge in [0.15, 0.2) is 7.28 Å². The summed E-state index contributed by atoms with van der Waals surface area (Å²) in [6, 6.07) is 10.4. The van der Waals surface area contributed by atoms with Crippen LogP contribution >= 0.6 is 0 Å². The molecule has 0 aliphatic heterocycles. The first-order valence-corrected chi connectivity index (χ1v) is 3.82. The van der Waals surface area contributed by atoms with Crippen molar-refractivity contribution in [3.05, 3.63) is 30.3 Å². The second-order valence-corrected chi connectivity index (χ2v) is 2.88. The van der Waals surface area contributed by atoms with Crippen molar-refractivity contribution in [2.24, 2.45) is 0 Å². The summed E-state index contributed by atoms with van der Waals surface area (Å²) in [5.74, 6) is 0. The lowest BCUT2D eigenvalue weighted by molar-refractivity contribution is 0.478. The van der Waals surface area contributed by atoms with Crippen molar-refractivity contribution in [1.29, 1.82) is 0 Å². The van der Waals surface area contributed by atoms with Gasteiger partial charge in [0.25, 0.3) is 0 Å². The van der Waals surface area contributed by atoms with Crippen LogP contribution in [-0.4, -0.2) is 32.7 Å². The molecule has 1 aromatic rings. The van der Waals surface area contributed by atoms with Gasteiger partial charge in [-0.3, -0.25) is 0 Å². The Bertz CT molecular complexity index is 196. The van der Waals surface area contributed by atoms with Gasteiger partial charge >= 0.3 is 0 Å². The molecule has 0 fully saturated rings. The maximum absolute atomic E-state index is 2.21. The van der Waals surface area contributed by atoms with Gasteiger partial charge in [0.1, 0.15) is 0 Å². The van der Waals surface area contributed by atoms with E-state index in [1.165, 1.54) is 5.46 Å². The van der Waals surface area contributed by atoms with Crippen molar-refractivity contribution >= 4 is 12.7 Å². The Morgan fingerprint density at radius 1 is 1.18 bits per heavy atom. The summed E-state index contributed by atoms with van der Waals surface area (Å²) in [5.41, 5.74) is 1.29. The van der Waals surface area contributed by atoms with E-state index in [1.807, 2.05) is 6.07 Å². The summed E-state index contributed by atoms with van der Waals surface area (Å²) in [4.78, 5) is 2.15. The summed E-state index contributed by atoms with van der Waals surface area (Å²) >= 11 is 0. The predicted octanol–water partition coefficient (Wildman–Crippen LogP) is 0.535. The van der Waals surface area contributed by atoms with Gasteiger partial charge in [-0.25, -0.2) is 0 Å². The van der Waals surface area contributed by atoms with Gasteiger partial charge in [-0.1, -0.05) is 35.8 Å². The molecule has 0 atom stereocenters. The first-order chi connectivity index (χ1) is 5.29. The van der Waals surface area contributed by atoms with E-state index in [-0.39, 0.29) is 0 Å². The van der Waals surface area contributed by atoms with Crippen LogP contribution in [0, 0.1) is 0 Å². The highest BCUT2D eigenvalue weighted by Crippen LogP contribution is 1.81. The Balaban J connectivity index is 2.39. The molecule has 0 saturated carbocycles. The second kappa shape index (κ2) is 4.19. The largest absolute Gasteiger partial charge is 0.317 e. The SMILES string of the molecule is CN(C)C[B]c1ccccc1. The maximum atomic E-state index is 2.21. The van der Waals surface area contributed by atoms with Gasteiger partial charge < -0.3 is 4.90 Å². The number of hydrogen-bond acceptors (Lipinski definition) is 1. The molecule has 57 valence electrons. The molecular formula is C9H13BN. The lowest BCUT2D eigenvalue weighted by Crippen LogP contribution is -2.27. The molecule has 0 saturated heterocycles. The lowest BCUT2D eigenvalue weighted by Gasteiger charge is -2.07. The molecule has 0 amide bonds. The van der Waals surface area contributed by atoms with E-state index >= 15 is 0 Å². The molecule has 1 radical (unpaired) electrons. The van der Waals surface area contributed by atoms with Crippen LogP contribution in [0.4, 0.5) is 0 Å². The predicted molar refractivity (Wildman–Crippen MR) is 50.4 cm³/mol. The minimum absolute atomic E-state index is 1.00. The third-order valence-electron chi connectivity index (χ3n) is 1.49. The van der Waals surface area contributed by atoms with Gasteiger partial charge in [-0.05, 0) is 20.5 Å². The molecule has 0 heterocycles. The minimum atomic E-state index is 1.00. The normalized spacial score (nSPS) is 10.1. The Kier molecular flexibility index (Phi) is 3.18. The molecule has 1 nitrogen and oxygen atoms in total. The standard InChI is InChI=1S/C9H13BN/c1-11(2)8-10-9-6-4-3-5-7-9/h3-7H,8H2,1-2H3. The highest BCUT2D eigenvalue weighted by molar-refractivity contribution is 6.53. The summed E-state index contributed by atoms with van der Waals surface area (Å²) in [6.07, 6.45) is 1.00. The van der Waals surface area contributed by atoms with E-state index in [0.29, 0.717) is 0 Å². The molecule has 0 aliphatic rings. The van der Waals surface area contributed by atoms with Crippen LogP contribution in [0.15, 0.2) is 30.3 Å². The zero-order chi connectivity index (χ0) is 8.10. The monoisotopic (exact) mass is 146 g/mol. The van der Waals surface area contributed by atoms with Gasteiger partial charge in [-0.2, -0.15) is 0 Å². The number of rotatable bonds is 3. The fourth-order valence-corrected chi connectivity index (χ4v) is 0.877.